The average molecular weight is 253 g/mol. The second-order valence-electron chi connectivity index (χ2n) is 6.46. The number of carboxylic acid groups (broad SMARTS) is 1. The molecule has 18 heavy (non-hydrogen) atoms. The number of hydrogen-bond donors (Lipinski definition) is 2. The highest BCUT2D eigenvalue weighted by Gasteiger charge is 2.65. The van der Waals surface area contributed by atoms with Crippen LogP contribution < -0.4 is 5.32 Å². The van der Waals surface area contributed by atoms with Gasteiger partial charge in [-0.2, -0.15) is 0 Å². The maximum atomic E-state index is 12.1. The van der Waals surface area contributed by atoms with Crippen molar-refractivity contribution in [1.29, 1.82) is 0 Å². The molecular weight excluding hydrogens is 230 g/mol. The van der Waals surface area contributed by atoms with E-state index in [1.54, 1.807) is 0 Å². The Morgan fingerprint density at radius 1 is 1.22 bits per heavy atom. The van der Waals surface area contributed by atoms with Crippen molar-refractivity contribution in [3.63, 3.8) is 0 Å². The Labute approximate surface area is 108 Å². The Kier molecular flexibility index (Phi) is 3.39. The number of rotatable bonds is 4. The Hall–Kier alpha value is -1.06. The van der Waals surface area contributed by atoms with Gasteiger partial charge in [-0.1, -0.05) is 26.7 Å². The van der Waals surface area contributed by atoms with E-state index in [1.807, 2.05) is 20.8 Å². The Morgan fingerprint density at radius 3 is 2.22 bits per heavy atom. The molecule has 0 aromatic rings. The van der Waals surface area contributed by atoms with Crippen LogP contribution in [-0.2, 0) is 9.59 Å². The van der Waals surface area contributed by atoms with Crippen LogP contribution >= 0.6 is 0 Å². The van der Waals surface area contributed by atoms with Gasteiger partial charge in [-0.3, -0.25) is 9.59 Å². The maximum absolute atomic E-state index is 12.1. The molecule has 2 aliphatic carbocycles. The number of amides is 1. The standard InChI is InChI=1S/C14H23NO3/c1-8(9-6-4-5-7-9)15-12(16)10-11(13(17)18)14(10,2)3/h8-11H,4-7H2,1-3H3,(H,15,16)(H,17,18)/t8-,10?,11?/m1/s1. The summed E-state index contributed by atoms with van der Waals surface area (Å²) in [6.45, 7) is 5.76. The SMILES string of the molecule is C[C@@H](NC(=O)C1C(C(=O)O)C1(C)C)C1CCCC1. The van der Waals surface area contributed by atoms with Gasteiger partial charge in [0, 0.05) is 6.04 Å². The zero-order chi connectivity index (χ0) is 13.5. The minimum atomic E-state index is -0.853. The first-order valence-electron chi connectivity index (χ1n) is 6.89. The average Bonchev–Trinajstić information content (AvgIpc) is 2.67. The predicted octanol–water partition coefficient (Wildman–Crippen LogP) is 2.04. The van der Waals surface area contributed by atoms with Gasteiger partial charge in [-0.25, -0.2) is 0 Å². The summed E-state index contributed by atoms with van der Waals surface area (Å²) in [6, 6.07) is 0.172. The van der Waals surface area contributed by atoms with E-state index in [0.717, 1.165) is 0 Å². The van der Waals surface area contributed by atoms with E-state index >= 15 is 0 Å². The molecule has 0 saturated heterocycles. The van der Waals surface area contributed by atoms with Crippen LogP contribution in [-0.4, -0.2) is 23.0 Å². The van der Waals surface area contributed by atoms with Crippen LogP contribution in [0.25, 0.3) is 0 Å². The van der Waals surface area contributed by atoms with Gasteiger partial charge < -0.3 is 10.4 Å². The van der Waals surface area contributed by atoms with Gasteiger partial charge in [0.1, 0.15) is 0 Å². The van der Waals surface area contributed by atoms with Crippen molar-refractivity contribution in [3.8, 4) is 0 Å². The van der Waals surface area contributed by atoms with Crippen molar-refractivity contribution >= 4 is 11.9 Å². The van der Waals surface area contributed by atoms with Gasteiger partial charge in [0.05, 0.1) is 11.8 Å². The molecule has 4 nitrogen and oxygen atoms in total. The summed E-state index contributed by atoms with van der Waals surface area (Å²) in [5, 5.41) is 12.1. The first-order chi connectivity index (χ1) is 8.35. The second-order valence-corrected chi connectivity index (χ2v) is 6.46. The van der Waals surface area contributed by atoms with Crippen LogP contribution in [0.5, 0.6) is 0 Å². The number of carbonyl (C=O) groups is 2. The van der Waals surface area contributed by atoms with Crippen LogP contribution in [0.15, 0.2) is 0 Å². The molecule has 0 spiro atoms. The Morgan fingerprint density at radius 2 is 1.78 bits per heavy atom. The van der Waals surface area contributed by atoms with Crippen LogP contribution in [0.2, 0.25) is 0 Å². The molecule has 102 valence electrons. The first kappa shape index (κ1) is 13.4. The van der Waals surface area contributed by atoms with Crippen molar-refractivity contribution in [2.75, 3.05) is 0 Å². The molecule has 0 aromatic heterocycles. The summed E-state index contributed by atoms with van der Waals surface area (Å²) in [7, 11) is 0. The molecule has 2 aliphatic rings. The predicted molar refractivity (Wildman–Crippen MR) is 68.0 cm³/mol. The highest BCUT2D eigenvalue weighted by Crippen LogP contribution is 2.58. The smallest absolute Gasteiger partial charge is 0.307 e. The molecule has 0 radical (unpaired) electrons. The Bertz CT molecular complexity index is 358. The summed E-state index contributed by atoms with van der Waals surface area (Å²) in [5.41, 5.74) is -0.398. The summed E-state index contributed by atoms with van der Waals surface area (Å²) in [5.74, 6) is -1.24. The van der Waals surface area contributed by atoms with E-state index in [4.69, 9.17) is 5.11 Å². The molecule has 2 rings (SSSR count). The van der Waals surface area contributed by atoms with E-state index in [9.17, 15) is 9.59 Å². The topological polar surface area (TPSA) is 66.4 Å². The van der Waals surface area contributed by atoms with Crippen molar-refractivity contribution in [2.24, 2.45) is 23.2 Å². The van der Waals surface area contributed by atoms with Gasteiger partial charge in [0.15, 0.2) is 0 Å². The van der Waals surface area contributed by atoms with E-state index in [1.165, 1.54) is 25.7 Å². The molecular formula is C14H23NO3. The number of carbonyl (C=O) groups excluding carboxylic acids is 1. The van der Waals surface area contributed by atoms with Gasteiger partial charge in [-0.15, -0.1) is 0 Å². The lowest BCUT2D eigenvalue weighted by Crippen LogP contribution is -2.39. The van der Waals surface area contributed by atoms with Crippen LogP contribution in [0.3, 0.4) is 0 Å². The lowest BCUT2D eigenvalue weighted by molar-refractivity contribution is -0.140. The zero-order valence-electron chi connectivity index (χ0n) is 11.4. The quantitative estimate of drug-likeness (QED) is 0.805. The maximum Gasteiger partial charge on any atom is 0.307 e. The fourth-order valence-corrected chi connectivity index (χ4v) is 3.48. The number of aliphatic carboxylic acids is 1. The van der Waals surface area contributed by atoms with Crippen molar-refractivity contribution in [3.05, 3.63) is 0 Å². The molecule has 0 aromatic carbocycles. The van der Waals surface area contributed by atoms with Crippen molar-refractivity contribution in [2.45, 2.75) is 52.5 Å². The largest absolute Gasteiger partial charge is 0.481 e. The minimum absolute atomic E-state index is 0.0770. The molecule has 0 bridgehead atoms. The number of hydrogen-bond acceptors (Lipinski definition) is 2. The molecule has 4 heteroatoms. The fraction of sp³-hybridized carbons (Fsp3) is 0.857. The van der Waals surface area contributed by atoms with Crippen LogP contribution in [0.1, 0.15) is 46.5 Å². The minimum Gasteiger partial charge on any atom is -0.481 e. The van der Waals surface area contributed by atoms with Crippen LogP contribution in [0, 0.1) is 23.2 Å². The first-order valence-corrected chi connectivity index (χ1v) is 6.89. The molecule has 2 fully saturated rings. The third-order valence-corrected chi connectivity index (χ3v) is 4.85. The van der Waals surface area contributed by atoms with E-state index < -0.39 is 17.3 Å². The summed E-state index contributed by atoms with van der Waals surface area (Å²) < 4.78 is 0. The lowest BCUT2D eigenvalue weighted by Gasteiger charge is -2.20. The summed E-state index contributed by atoms with van der Waals surface area (Å²) in [6.07, 6.45) is 4.85. The van der Waals surface area contributed by atoms with E-state index in [-0.39, 0.29) is 17.9 Å². The molecule has 1 amide bonds. The lowest BCUT2D eigenvalue weighted by atomic mass is 9.99. The number of carboxylic acids is 1. The van der Waals surface area contributed by atoms with Crippen molar-refractivity contribution in [1.82, 2.24) is 5.32 Å². The van der Waals surface area contributed by atoms with E-state index in [0.29, 0.717) is 5.92 Å². The monoisotopic (exact) mass is 253 g/mol. The van der Waals surface area contributed by atoms with Gasteiger partial charge in [0.2, 0.25) is 5.91 Å². The fourth-order valence-electron chi connectivity index (χ4n) is 3.48. The van der Waals surface area contributed by atoms with E-state index in [2.05, 4.69) is 5.32 Å². The highest BCUT2D eigenvalue weighted by molar-refractivity contribution is 5.91. The third-order valence-electron chi connectivity index (χ3n) is 4.85. The second kappa shape index (κ2) is 4.56. The molecule has 0 aliphatic heterocycles. The normalized spacial score (nSPS) is 31.9. The molecule has 2 N–H and O–H groups in total. The van der Waals surface area contributed by atoms with Crippen LogP contribution in [0.4, 0.5) is 0 Å². The molecule has 0 heterocycles. The van der Waals surface area contributed by atoms with Gasteiger partial charge in [0.25, 0.3) is 0 Å². The highest BCUT2D eigenvalue weighted by atomic mass is 16.4. The zero-order valence-corrected chi connectivity index (χ0v) is 11.4. The number of nitrogens with one attached hydrogen (secondary N) is 1. The molecule has 2 saturated carbocycles. The summed E-state index contributed by atoms with van der Waals surface area (Å²) in [4.78, 5) is 23.2. The van der Waals surface area contributed by atoms with Gasteiger partial charge >= 0.3 is 5.97 Å². The summed E-state index contributed by atoms with van der Waals surface area (Å²) >= 11 is 0. The van der Waals surface area contributed by atoms with Crippen molar-refractivity contribution < 1.29 is 14.7 Å². The Balaban J connectivity index is 1.91. The molecule has 2 unspecified atom stereocenters. The third kappa shape index (κ3) is 2.25. The molecule has 3 atom stereocenters. The van der Waals surface area contributed by atoms with Gasteiger partial charge in [-0.05, 0) is 31.1 Å².